The summed E-state index contributed by atoms with van der Waals surface area (Å²) in [5, 5.41) is 0.672. The largest absolute Gasteiger partial charge is 0.489 e. The monoisotopic (exact) mass is 359 g/mol. The topological polar surface area (TPSA) is 38.8 Å². The molecule has 1 fully saturated rings. The van der Waals surface area contributed by atoms with Crippen molar-refractivity contribution in [2.75, 3.05) is 13.2 Å². The third-order valence-electron chi connectivity index (χ3n) is 4.34. The highest BCUT2D eigenvalue weighted by molar-refractivity contribution is 6.31. The third-order valence-corrected chi connectivity index (χ3v) is 4.70. The molecule has 1 aliphatic rings. The van der Waals surface area contributed by atoms with E-state index in [4.69, 9.17) is 21.1 Å². The molecule has 3 rings (SSSR count). The average molecular weight is 360 g/mol. The summed E-state index contributed by atoms with van der Waals surface area (Å²) in [6.07, 6.45) is 0. The highest BCUT2D eigenvalue weighted by Crippen LogP contribution is 2.22. The zero-order valence-corrected chi connectivity index (χ0v) is 15.2. The molecule has 0 N–H and O–H groups in total. The summed E-state index contributed by atoms with van der Waals surface area (Å²) < 4.78 is 11.3. The number of morpholine rings is 1. The number of nitrogens with zero attached hydrogens (tertiary/aromatic N) is 1. The Labute approximate surface area is 153 Å². The highest BCUT2D eigenvalue weighted by Gasteiger charge is 2.30. The summed E-state index contributed by atoms with van der Waals surface area (Å²) >= 11 is 6.15. The molecule has 0 radical (unpaired) electrons. The molecule has 1 heterocycles. The number of carbonyl (C=O) groups excluding carboxylic acids is 1. The van der Waals surface area contributed by atoms with E-state index in [1.807, 2.05) is 61.2 Å². The van der Waals surface area contributed by atoms with Crippen molar-refractivity contribution in [1.82, 2.24) is 4.90 Å². The first kappa shape index (κ1) is 17.8. The van der Waals surface area contributed by atoms with Gasteiger partial charge < -0.3 is 14.4 Å². The van der Waals surface area contributed by atoms with Crippen LogP contribution in [0.5, 0.6) is 5.75 Å². The molecule has 132 valence electrons. The Balaban J connectivity index is 1.72. The molecule has 5 heteroatoms. The summed E-state index contributed by atoms with van der Waals surface area (Å²) in [6, 6.07) is 15.0. The van der Waals surface area contributed by atoms with E-state index in [1.54, 1.807) is 6.07 Å². The van der Waals surface area contributed by atoms with Crippen molar-refractivity contribution in [2.24, 2.45) is 0 Å². The fraction of sp³-hybridized carbons (Fsp3) is 0.350. The number of benzene rings is 2. The van der Waals surface area contributed by atoms with Gasteiger partial charge in [-0.1, -0.05) is 35.9 Å². The number of rotatable bonds is 4. The molecule has 25 heavy (non-hydrogen) atoms. The summed E-state index contributed by atoms with van der Waals surface area (Å²) in [4.78, 5) is 14.8. The number of amides is 1. The van der Waals surface area contributed by atoms with Crippen molar-refractivity contribution in [3.8, 4) is 5.75 Å². The first-order chi connectivity index (χ1) is 12.1. The average Bonchev–Trinajstić information content (AvgIpc) is 2.61. The second-order valence-electron chi connectivity index (χ2n) is 6.36. The van der Waals surface area contributed by atoms with Gasteiger partial charge in [-0.2, -0.15) is 0 Å². The number of hydrogen-bond donors (Lipinski definition) is 0. The second-order valence-corrected chi connectivity index (χ2v) is 6.76. The van der Waals surface area contributed by atoms with Crippen LogP contribution in [0, 0.1) is 0 Å². The van der Waals surface area contributed by atoms with E-state index in [-0.39, 0.29) is 18.0 Å². The highest BCUT2D eigenvalue weighted by atomic mass is 35.5. The van der Waals surface area contributed by atoms with Crippen LogP contribution in [-0.4, -0.2) is 36.1 Å². The van der Waals surface area contributed by atoms with Gasteiger partial charge >= 0.3 is 0 Å². The smallest absolute Gasteiger partial charge is 0.254 e. The van der Waals surface area contributed by atoms with E-state index >= 15 is 0 Å². The summed E-state index contributed by atoms with van der Waals surface area (Å²) in [5.74, 6) is 0.658. The molecule has 0 unspecified atom stereocenters. The molecule has 0 saturated carbocycles. The van der Waals surface area contributed by atoms with Crippen molar-refractivity contribution in [1.29, 1.82) is 0 Å². The van der Waals surface area contributed by atoms with Crippen LogP contribution in [0.4, 0.5) is 0 Å². The maximum absolute atomic E-state index is 12.9. The van der Waals surface area contributed by atoms with Gasteiger partial charge in [-0.25, -0.2) is 0 Å². The lowest BCUT2D eigenvalue weighted by molar-refractivity contribution is -0.0249. The Hall–Kier alpha value is -2.04. The molecule has 0 bridgehead atoms. The SMILES string of the molecule is C[C@@H]1COC[C@H](C)N1C(=O)c1cccc(OCc2ccccc2Cl)c1. The molecule has 4 nitrogen and oxygen atoms in total. The number of halogens is 1. The standard InChI is InChI=1S/C20H22ClNO3/c1-14-11-24-12-15(2)22(14)20(23)16-7-5-8-18(10-16)25-13-17-6-3-4-9-19(17)21/h3-10,14-15H,11-13H2,1-2H3/t14-,15+. The number of hydrogen-bond acceptors (Lipinski definition) is 3. The minimum atomic E-state index is 0.00601. The van der Waals surface area contributed by atoms with Crippen molar-refractivity contribution in [3.63, 3.8) is 0 Å². The Bertz CT molecular complexity index is 739. The van der Waals surface area contributed by atoms with Gasteiger partial charge in [0, 0.05) is 16.1 Å². The molecule has 2 atom stereocenters. The summed E-state index contributed by atoms with van der Waals surface area (Å²) in [6.45, 7) is 5.51. The Morgan fingerprint density at radius 3 is 2.60 bits per heavy atom. The lowest BCUT2D eigenvalue weighted by atomic mass is 10.1. The normalized spacial score (nSPS) is 20.4. The molecule has 1 aliphatic heterocycles. The van der Waals surface area contributed by atoms with Crippen LogP contribution in [0.15, 0.2) is 48.5 Å². The molecule has 2 aromatic carbocycles. The minimum absolute atomic E-state index is 0.00601. The quantitative estimate of drug-likeness (QED) is 0.822. The van der Waals surface area contributed by atoms with Crippen LogP contribution >= 0.6 is 11.6 Å². The van der Waals surface area contributed by atoms with Crippen LogP contribution in [0.3, 0.4) is 0 Å². The summed E-state index contributed by atoms with van der Waals surface area (Å²) in [7, 11) is 0. The predicted molar refractivity (Wildman–Crippen MR) is 98.1 cm³/mol. The molecule has 1 amide bonds. The molecule has 2 aromatic rings. The van der Waals surface area contributed by atoms with Crippen LogP contribution in [0.2, 0.25) is 5.02 Å². The van der Waals surface area contributed by atoms with Gasteiger partial charge in [0.15, 0.2) is 0 Å². The predicted octanol–water partition coefficient (Wildman–Crippen LogP) is 4.17. The van der Waals surface area contributed by atoms with E-state index in [9.17, 15) is 4.79 Å². The van der Waals surface area contributed by atoms with E-state index < -0.39 is 0 Å². The molecule has 0 aliphatic carbocycles. The lowest BCUT2D eigenvalue weighted by Crippen LogP contribution is -2.52. The van der Waals surface area contributed by atoms with Crippen molar-refractivity contribution >= 4 is 17.5 Å². The van der Waals surface area contributed by atoms with Gasteiger partial charge in [0.05, 0.1) is 25.3 Å². The van der Waals surface area contributed by atoms with Crippen molar-refractivity contribution in [2.45, 2.75) is 32.5 Å². The van der Waals surface area contributed by atoms with E-state index in [1.165, 1.54) is 0 Å². The first-order valence-electron chi connectivity index (χ1n) is 8.43. The van der Waals surface area contributed by atoms with Gasteiger partial charge in [-0.15, -0.1) is 0 Å². The van der Waals surface area contributed by atoms with Gasteiger partial charge in [-0.3, -0.25) is 4.79 Å². The van der Waals surface area contributed by atoms with Gasteiger partial charge in [-0.05, 0) is 38.1 Å². The molecular formula is C20H22ClNO3. The molecule has 0 aromatic heterocycles. The fourth-order valence-corrected chi connectivity index (χ4v) is 3.24. The third kappa shape index (κ3) is 4.14. The first-order valence-corrected chi connectivity index (χ1v) is 8.80. The van der Waals surface area contributed by atoms with Crippen LogP contribution < -0.4 is 4.74 Å². The zero-order chi connectivity index (χ0) is 17.8. The molecular weight excluding hydrogens is 338 g/mol. The Kier molecular flexibility index (Phi) is 5.61. The van der Waals surface area contributed by atoms with Gasteiger partial charge in [0.25, 0.3) is 5.91 Å². The van der Waals surface area contributed by atoms with Crippen LogP contribution in [-0.2, 0) is 11.3 Å². The summed E-state index contributed by atoms with van der Waals surface area (Å²) in [5.41, 5.74) is 1.54. The number of carbonyl (C=O) groups is 1. The Morgan fingerprint density at radius 1 is 1.16 bits per heavy atom. The van der Waals surface area contributed by atoms with E-state index in [2.05, 4.69) is 0 Å². The van der Waals surface area contributed by atoms with Crippen molar-refractivity contribution in [3.05, 3.63) is 64.7 Å². The van der Waals surface area contributed by atoms with E-state index in [0.717, 1.165) is 5.56 Å². The minimum Gasteiger partial charge on any atom is -0.489 e. The molecule has 0 spiro atoms. The second kappa shape index (κ2) is 7.89. The fourth-order valence-electron chi connectivity index (χ4n) is 3.05. The van der Waals surface area contributed by atoms with Crippen LogP contribution in [0.25, 0.3) is 0 Å². The number of ether oxygens (including phenoxy) is 2. The van der Waals surface area contributed by atoms with Gasteiger partial charge in [0.1, 0.15) is 12.4 Å². The maximum atomic E-state index is 12.9. The van der Waals surface area contributed by atoms with E-state index in [0.29, 0.717) is 36.2 Å². The molecule has 1 saturated heterocycles. The zero-order valence-electron chi connectivity index (χ0n) is 14.4. The maximum Gasteiger partial charge on any atom is 0.254 e. The van der Waals surface area contributed by atoms with Gasteiger partial charge in [0.2, 0.25) is 0 Å². The lowest BCUT2D eigenvalue weighted by Gasteiger charge is -2.38. The van der Waals surface area contributed by atoms with Crippen LogP contribution in [0.1, 0.15) is 29.8 Å². The Morgan fingerprint density at radius 2 is 1.88 bits per heavy atom. The van der Waals surface area contributed by atoms with Crippen molar-refractivity contribution < 1.29 is 14.3 Å².